The predicted molar refractivity (Wildman–Crippen MR) is 38.6 cm³/mol. The van der Waals surface area contributed by atoms with Crippen LogP contribution in [-0.2, 0) is 4.74 Å². The van der Waals surface area contributed by atoms with Crippen molar-refractivity contribution < 1.29 is 9.84 Å². The minimum Gasteiger partial charge on any atom is -0.391 e. The first-order valence-corrected chi connectivity index (χ1v) is 3.65. The Hall–Kier alpha value is -0.120. The fraction of sp³-hybridized carbons (Fsp3) is 1.00. The van der Waals surface area contributed by atoms with Gasteiger partial charge < -0.3 is 15.6 Å². The third-order valence-electron chi connectivity index (χ3n) is 2.28. The Balaban J connectivity index is 2.49. The highest BCUT2D eigenvalue weighted by atomic mass is 16.5. The molecule has 3 N–H and O–H groups in total. The van der Waals surface area contributed by atoms with Crippen LogP contribution in [-0.4, -0.2) is 31.0 Å². The molecule has 1 aliphatic rings. The van der Waals surface area contributed by atoms with Gasteiger partial charge >= 0.3 is 0 Å². The van der Waals surface area contributed by atoms with Crippen LogP contribution in [0.2, 0.25) is 0 Å². The van der Waals surface area contributed by atoms with E-state index in [0.717, 1.165) is 13.0 Å². The highest BCUT2D eigenvalue weighted by Crippen LogP contribution is 2.30. The zero-order valence-electron chi connectivity index (χ0n) is 6.34. The molecule has 0 bridgehead atoms. The molecule has 1 aliphatic heterocycles. The van der Waals surface area contributed by atoms with Crippen LogP contribution in [0.4, 0.5) is 0 Å². The van der Waals surface area contributed by atoms with E-state index in [4.69, 9.17) is 10.5 Å². The van der Waals surface area contributed by atoms with E-state index < -0.39 is 6.10 Å². The van der Waals surface area contributed by atoms with Crippen molar-refractivity contribution in [2.75, 3.05) is 19.8 Å². The number of hydrogen-bond acceptors (Lipinski definition) is 3. The fourth-order valence-electron chi connectivity index (χ4n) is 1.23. The minimum atomic E-state index is -0.407. The Kier molecular flexibility index (Phi) is 2.28. The first kappa shape index (κ1) is 7.98. The van der Waals surface area contributed by atoms with E-state index in [1.54, 1.807) is 0 Å². The Morgan fingerprint density at radius 3 is 2.90 bits per heavy atom. The van der Waals surface area contributed by atoms with Crippen LogP contribution in [0.15, 0.2) is 0 Å². The molecule has 0 aromatic heterocycles. The molecule has 3 heteroatoms. The second-order valence-electron chi connectivity index (χ2n) is 3.21. The summed E-state index contributed by atoms with van der Waals surface area (Å²) < 4.78 is 5.17. The summed E-state index contributed by atoms with van der Waals surface area (Å²) >= 11 is 0. The zero-order chi connectivity index (χ0) is 7.61. The van der Waals surface area contributed by atoms with Gasteiger partial charge in [-0.25, -0.2) is 0 Å². The second-order valence-corrected chi connectivity index (χ2v) is 3.21. The molecule has 1 heterocycles. The van der Waals surface area contributed by atoms with Crippen molar-refractivity contribution in [2.45, 2.75) is 19.4 Å². The molecule has 0 amide bonds. The van der Waals surface area contributed by atoms with Crippen LogP contribution in [0.25, 0.3) is 0 Å². The highest BCUT2D eigenvalue weighted by Gasteiger charge is 2.35. The molecule has 0 spiro atoms. The normalized spacial score (nSPS) is 36.3. The second kappa shape index (κ2) is 2.86. The molecule has 0 aromatic rings. The fourth-order valence-corrected chi connectivity index (χ4v) is 1.23. The summed E-state index contributed by atoms with van der Waals surface area (Å²) in [5.74, 6) is 0. The van der Waals surface area contributed by atoms with Crippen LogP contribution in [0.3, 0.4) is 0 Å². The van der Waals surface area contributed by atoms with Crippen LogP contribution in [0.1, 0.15) is 13.3 Å². The molecular weight excluding hydrogens is 130 g/mol. The molecule has 0 aromatic carbocycles. The third kappa shape index (κ3) is 1.31. The molecule has 3 nitrogen and oxygen atoms in total. The van der Waals surface area contributed by atoms with Crippen molar-refractivity contribution >= 4 is 0 Å². The number of aliphatic hydroxyl groups excluding tert-OH is 1. The Morgan fingerprint density at radius 1 is 1.80 bits per heavy atom. The van der Waals surface area contributed by atoms with E-state index in [9.17, 15) is 5.11 Å². The molecule has 1 rings (SSSR count). The lowest BCUT2D eigenvalue weighted by molar-refractivity contribution is 0.0335. The summed E-state index contributed by atoms with van der Waals surface area (Å²) in [7, 11) is 0. The van der Waals surface area contributed by atoms with Crippen molar-refractivity contribution in [2.24, 2.45) is 11.1 Å². The molecule has 60 valence electrons. The van der Waals surface area contributed by atoms with Crippen molar-refractivity contribution in [3.8, 4) is 0 Å². The molecule has 2 unspecified atom stereocenters. The Bertz CT molecular complexity index is 110. The summed E-state index contributed by atoms with van der Waals surface area (Å²) in [6.45, 7) is 3.75. The van der Waals surface area contributed by atoms with E-state index >= 15 is 0 Å². The highest BCUT2D eigenvalue weighted by molar-refractivity contribution is 4.85. The molecular formula is C7H15NO2. The minimum absolute atomic E-state index is 0.0885. The van der Waals surface area contributed by atoms with Crippen molar-refractivity contribution in [1.82, 2.24) is 0 Å². The summed E-state index contributed by atoms with van der Waals surface area (Å²) in [5.41, 5.74) is 5.24. The lowest BCUT2D eigenvalue weighted by atomic mass is 9.84. The van der Waals surface area contributed by atoms with Crippen LogP contribution in [0.5, 0.6) is 0 Å². The number of aliphatic hydroxyl groups is 1. The maximum absolute atomic E-state index is 9.41. The van der Waals surface area contributed by atoms with Crippen LogP contribution < -0.4 is 5.73 Å². The summed E-state index contributed by atoms with van der Waals surface area (Å²) in [5, 5.41) is 9.41. The number of ether oxygens (including phenoxy) is 1. The van der Waals surface area contributed by atoms with Gasteiger partial charge in [0.25, 0.3) is 0 Å². The summed E-state index contributed by atoms with van der Waals surface area (Å²) in [6.07, 6.45) is 0.515. The van der Waals surface area contributed by atoms with Gasteiger partial charge in [0, 0.05) is 18.6 Å². The number of nitrogens with two attached hydrogens (primary N) is 1. The van der Waals surface area contributed by atoms with E-state index in [2.05, 4.69) is 0 Å². The maximum Gasteiger partial charge on any atom is 0.0738 e. The summed E-state index contributed by atoms with van der Waals surface area (Å²) in [6, 6.07) is 0. The quantitative estimate of drug-likeness (QED) is 0.562. The molecule has 10 heavy (non-hydrogen) atoms. The van der Waals surface area contributed by atoms with Gasteiger partial charge in [0.05, 0.1) is 12.7 Å². The van der Waals surface area contributed by atoms with E-state index in [0.29, 0.717) is 13.2 Å². The van der Waals surface area contributed by atoms with Crippen molar-refractivity contribution in [1.29, 1.82) is 0 Å². The Morgan fingerprint density at radius 2 is 2.50 bits per heavy atom. The van der Waals surface area contributed by atoms with Gasteiger partial charge in [0.1, 0.15) is 0 Å². The number of rotatable bonds is 2. The largest absolute Gasteiger partial charge is 0.391 e. The van der Waals surface area contributed by atoms with Gasteiger partial charge in [-0.1, -0.05) is 6.92 Å². The molecule has 0 aliphatic carbocycles. The first-order chi connectivity index (χ1) is 4.69. The Labute approximate surface area is 61.2 Å². The van der Waals surface area contributed by atoms with E-state index in [-0.39, 0.29) is 5.41 Å². The average Bonchev–Trinajstić information content (AvgIpc) is 2.36. The van der Waals surface area contributed by atoms with Gasteiger partial charge in [0.2, 0.25) is 0 Å². The monoisotopic (exact) mass is 145 g/mol. The standard InChI is InChI=1S/C7H15NO2/c1-7(6(9)4-8)2-3-10-5-7/h6,9H,2-5,8H2,1H3. The molecule has 1 saturated heterocycles. The zero-order valence-corrected chi connectivity index (χ0v) is 6.34. The van der Waals surface area contributed by atoms with Gasteiger partial charge in [-0.3, -0.25) is 0 Å². The SMILES string of the molecule is CC1(C(O)CN)CCOC1. The average molecular weight is 145 g/mol. The molecule has 2 atom stereocenters. The van der Waals surface area contributed by atoms with Crippen LogP contribution >= 0.6 is 0 Å². The smallest absolute Gasteiger partial charge is 0.0738 e. The lowest BCUT2D eigenvalue weighted by Gasteiger charge is -2.26. The molecule has 0 saturated carbocycles. The maximum atomic E-state index is 9.41. The van der Waals surface area contributed by atoms with Gasteiger partial charge in [-0.05, 0) is 6.42 Å². The summed E-state index contributed by atoms with van der Waals surface area (Å²) in [4.78, 5) is 0. The topological polar surface area (TPSA) is 55.5 Å². The predicted octanol–water partition coefficient (Wildman–Crippen LogP) is -0.267. The number of hydrogen-bond donors (Lipinski definition) is 2. The molecule has 0 radical (unpaired) electrons. The van der Waals surface area contributed by atoms with E-state index in [1.165, 1.54) is 0 Å². The van der Waals surface area contributed by atoms with Gasteiger partial charge in [0.15, 0.2) is 0 Å². The third-order valence-corrected chi connectivity index (χ3v) is 2.28. The van der Waals surface area contributed by atoms with Crippen molar-refractivity contribution in [3.05, 3.63) is 0 Å². The lowest BCUT2D eigenvalue weighted by Crippen LogP contribution is -2.38. The van der Waals surface area contributed by atoms with Gasteiger partial charge in [-0.15, -0.1) is 0 Å². The van der Waals surface area contributed by atoms with Crippen LogP contribution in [0, 0.1) is 5.41 Å². The first-order valence-electron chi connectivity index (χ1n) is 3.65. The van der Waals surface area contributed by atoms with Gasteiger partial charge in [-0.2, -0.15) is 0 Å². The molecule has 1 fully saturated rings. The van der Waals surface area contributed by atoms with Crippen molar-refractivity contribution in [3.63, 3.8) is 0 Å². The van der Waals surface area contributed by atoms with E-state index in [1.807, 2.05) is 6.92 Å².